The zero-order chi connectivity index (χ0) is 17.4. The van der Waals surface area contributed by atoms with E-state index in [1.165, 1.54) is 0 Å². The molecule has 2 N–H and O–H groups in total. The van der Waals surface area contributed by atoms with Gasteiger partial charge in [0.15, 0.2) is 23.3 Å². The van der Waals surface area contributed by atoms with Gasteiger partial charge in [0.1, 0.15) is 0 Å². The van der Waals surface area contributed by atoms with E-state index in [0.29, 0.717) is 42.3 Å². The standard InChI is InChI=1S/C16H23N5O3.HI/c1-5-17-16(19-10-15-20-11(2)24-21-15)18-9-12-6-7-13(22-3)14(8-12)23-4;/h6-8H,5,9-10H2,1-4H3,(H2,17,18,19);1H. The molecule has 0 aliphatic carbocycles. The van der Waals surface area contributed by atoms with E-state index in [1.54, 1.807) is 21.1 Å². The van der Waals surface area contributed by atoms with Crippen molar-refractivity contribution in [2.45, 2.75) is 26.9 Å². The molecule has 0 unspecified atom stereocenters. The Morgan fingerprint density at radius 1 is 1.20 bits per heavy atom. The molecule has 0 saturated heterocycles. The van der Waals surface area contributed by atoms with Crippen molar-refractivity contribution in [2.75, 3.05) is 20.8 Å². The number of nitrogens with zero attached hydrogens (tertiary/aromatic N) is 3. The molecule has 1 aromatic heterocycles. The van der Waals surface area contributed by atoms with Gasteiger partial charge in [-0.05, 0) is 24.6 Å². The van der Waals surface area contributed by atoms with Crippen LogP contribution in [0.5, 0.6) is 11.5 Å². The van der Waals surface area contributed by atoms with Crippen LogP contribution in [0.25, 0.3) is 0 Å². The number of benzene rings is 1. The summed E-state index contributed by atoms with van der Waals surface area (Å²) in [5, 5.41) is 10.2. The lowest BCUT2D eigenvalue weighted by Crippen LogP contribution is -2.37. The van der Waals surface area contributed by atoms with Crippen molar-refractivity contribution >= 4 is 29.9 Å². The quantitative estimate of drug-likeness (QED) is 0.371. The molecule has 138 valence electrons. The normalized spacial score (nSPS) is 10.8. The summed E-state index contributed by atoms with van der Waals surface area (Å²) in [6, 6.07) is 5.73. The maximum Gasteiger partial charge on any atom is 0.223 e. The lowest BCUT2D eigenvalue weighted by Gasteiger charge is -2.11. The van der Waals surface area contributed by atoms with E-state index in [9.17, 15) is 0 Å². The second-order valence-corrected chi connectivity index (χ2v) is 4.97. The van der Waals surface area contributed by atoms with Crippen LogP contribution in [0.15, 0.2) is 27.7 Å². The Bertz CT molecular complexity index is 690. The van der Waals surface area contributed by atoms with Gasteiger partial charge in [-0.25, -0.2) is 4.99 Å². The third-order valence-corrected chi connectivity index (χ3v) is 3.20. The van der Waals surface area contributed by atoms with E-state index in [4.69, 9.17) is 14.0 Å². The molecule has 2 rings (SSSR count). The van der Waals surface area contributed by atoms with Crippen LogP contribution in [0.2, 0.25) is 0 Å². The minimum absolute atomic E-state index is 0. The number of guanidine groups is 1. The number of methoxy groups -OCH3 is 2. The Morgan fingerprint density at radius 2 is 1.96 bits per heavy atom. The summed E-state index contributed by atoms with van der Waals surface area (Å²) < 4.78 is 15.5. The number of rotatable bonds is 7. The highest BCUT2D eigenvalue weighted by Gasteiger charge is 2.06. The van der Waals surface area contributed by atoms with E-state index >= 15 is 0 Å². The van der Waals surface area contributed by atoms with Crippen molar-refractivity contribution in [1.82, 2.24) is 20.8 Å². The maximum absolute atomic E-state index is 5.31. The van der Waals surface area contributed by atoms with E-state index in [-0.39, 0.29) is 24.0 Å². The Morgan fingerprint density at radius 3 is 2.56 bits per heavy atom. The molecule has 0 fully saturated rings. The molecule has 8 nitrogen and oxygen atoms in total. The van der Waals surface area contributed by atoms with Crippen LogP contribution in [0.1, 0.15) is 24.2 Å². The molecule has 25 heavy (non-hydrogen) atoms. The van der Waals surface area contributed by atoms with Gasteiger partial charge in [-0.1, -0.05) is 11.2 Å². The van der Waals surface area contributed by atoms with Crippen molar-refractivity contribution in [3.63, 3.8) is 0 Å². The molecule has 0 radical (unpaired) electrons. The number of hydrogen-bond donors (Lipinski definition) is 2. The fraction of sp³-hybridized carbons (Fsp3) is 0.438. The van der Waals surface area contributed by atoms with E-state index in [0.717, 1.165) is 12.1 Å². The van der Waals surface area contributed by atoms with Gasteiger partial charge in [-0.15, -0.1) is 24.0 Å². The van der Waals surface area contributed by atoms with Gasteiger partial charge >= 0.3 is 0 Å². The second kappa shape index (κ2) is 10.7. The summed E-state index contributed by atoms with van der Waals surface area (Å²) in [4.78, 5) is 8.70. The molecular formula is C16H24IN5O3. The lowest BCUT2D eigenvalue weighted by atomic mass is 10.2. The highest BCUT2D eigenvalue weighted by atomic mass is 127. The van der Waals surface area contributed by atoms with Gasteiger partial charge in [-0.3, -0.25) is 0 Å². The summed E-state index contributed by atoms with van der Waals surface area (Å²) in [6.45, 7) is 5.46. The van der Waals surface area contributed by atoms with Crippen molar-refractivity contribution in [3.8, 4) is 11.5 Å². The largest absolute Gasteiger partial charge is 0.493 e. The zero-order valence-corrected chi connectivity index (χ0v) is 17.2. The fourth-order valence-corrected chi connectivity index (χ4v) is 2.07. The molecule has 0 bridgehead atoms. The van der Waals surface area contributed by atoms with Crippen LogP contribution in [0.3, 0.4) is 0 Å². The summed E-state index contributed by atoms with van der Waals surface area (Å²) in [7, 11) is 3.23. The molecule has 0 amide bonds. The summed E-state index contributed by atoms with van der Waals surface area (Å²) in [6.07, 6.45) is 0. The van der Waals surface area contributed by atoms with Crippen molar-refractivity contribution in [1.29, 1.82) is 0 Å². The molecular weight excluding hydrogens is 437 g/mol. The predicted octanol–water partition coefficient (Wildman–Crippen LogP) is 2.27. The highest BCUT2D eigenvalue weighted by Crippen LogP contribution is 2.27. The van der Waals surface area contributed by atoms with Gasteiger partial charge in [0.25, 0.3) is 0 Å². The van der Waals surface area contributed by atoms with Gasteiger partial charge in [0.2, 0.25) is 5.89 Å². The summed E-state index contributed by atoms with van der Waals surface area (Å²) >= 11 is 0. The number of aryl methyl sites for hydroxylation is 1. The van der Waals surface area contributed by atoms with Crippen LogP contribution < -0.4 is 20.1 Å². The third-order valence-electron chi connectivity index (χ3n) is 3.20. The summed E-state index contributed by atoms with van der Waals surface area (Å²) in [5.41, 5.74) is 1.01. The topological polar surface area (TPSA) is 93.8 Å². The zero-order valence-electron chi connectivity index (χ0n) is 14.8. The molecule has 0 aliphatic heterocycles. The monoisotopic (exact) mass is 461 g/mol. The number of nitrogens with one attached hydrogen (secondary N) is 2. The second-order valence-electron chi connectivity index (χ2n) is 4.97. The number of ether oxygens (including phenoxy) is 2. The first kappa shape index (κ1) is 21.0. The Labute approximate surface area is 164 Å². The van der Waals surface area contributed by atoms with Crippen molar-refractivity contribution in [2.24, 2.45) is 4.99 Å². The Balaban J connectivity index is 0.00000312. The number of aliphatic imine (C=N–C) groups is 1. The molecule has 0 aliphatic rings. The SMILES string of the molecule is CCNC(=NCc1ccc(OC)c(OC)c1)NCc1noc(C)n1.I. The average molecular weight is 461 g/mol. The Hall–Kier alpha value is -2.04. The van der Waals surface area contributed by atoms with E-state index < -0.39 is 0 Å². The Kier molecular flexibility index (Phi) is 9.03. The average Bonchev–Trinajstić information content (AvgIpc) is 3.02. The van der Waals surface area contributed by atoms with Crippen LogP contribution in [0, 0.1) is 6.92 Å². The third kappa shape index (κ3) is 6.40. The predicted molar refractivity (Wildman–Crippen MR) is 106 cm³/mol. The first-order valence-corrected chi connectivity index (χ1v) is 7.68. The van der Waals surface area contributed by atoms with Crippen LogP contribution >= 0.6 is 24.0 Å². The molecule has 1 aromatic carbocycles. The van der Waals surface area contributed by atoms with Crippen LogP contribution in [-0.4, -0.2) is 36.9 Å². The molecule has 9 heteroatoms. The minimum Gasteiger partial charge on any atom is -0.493 e. The van der Waals surface area contributed by atoms with Crippen molar-refractivity contribution in [3.05, 3.63) is 35.5 Å². The summed E-state index contributed by atoms with van der Waals surface area (Å²) in [5.74, 6) is 3.19. The molecule has 0 spiro atoms. The minimum atomic E-state index is 0. The van der Waals surface area contributed by atoms with Gasteiger partial charge in [0.05, 0.1) is 27.3 Å². The van der Waals surface area contributed by atoms with Gasteiger partial charge in [0, 0.05) is 13.5 Å². The molecule has 1 heterocycles. The smallest absolute Gasteiger partial charge is 0.223 e. The fourth-order valence-electron chi connectivity index (χ4n) is 2.07. The first-order chi connectivity index (χ1) is 11.7. The highest BCUT2D eigenvalue weighted by molar-refractivity contribution is 14.0. The molecule has 0 atom stereocenters. The number of hydrogen-bond acceptors (Lipinski definition) is 6. The first-order valence-electron chi connectivity index (χ1n) is 7.68. The molecule has 0 saturated carbocycles. The van der Waals surface area contributed by atoms with Crippen LogP contribution in [-0.2, 0) is 13.1 Å². The van der Waals surface area contributed by atoms with Gasteiger partial charge < -0.3 is 24.6 Å². The van der Waals surface area contributed by atoms with Crippen molar-refractivity contribution < 1.29 is 14.0 Å². The van der Waals surface area contributed by atoms with Crippen LogP contribution in [0.4, 0.5) is 0 Å². The lowest BCUT2D eigenvalue weighted by molar-refractivity contribution is 0.354. The van der Waals surface area contributed by atoms with E-state index in [1.807, 2.05) is 25.1 Å². The maximum atomic E-state index is 5.31. The molecule has 2 aromatic rings. The number of aromatic nitrogens is 2. The van der Waals surface area contributed by atoms with E-state index in [2.05, 4.69) is 25.8 Å². The van der Waals surface area contributed by atoms with Gasteiger partial charge in [-0.2, -0.15) is 4.98 Å². The number of halogens is 1.